The number of amides is 5. The van der Waals surface area contributed by atoms with Crippen LogP contribution in [0.2, 0.25) is 0 Å². The Kier molecular flexibility index (Phi) is 11.6. The second-order valence-corrected chi connectivity index (χ2v) is 15.7. The summed E-state index contributed by atoms with van der Waals surface area (Å²) < 4.78 is 7.41. The molecule has 0 bridgehead atoms. The van der Waals surface area contributed by atoms with Crippen LogP contribution in [0.3, 0.4) is 0 Å². The van der Waals surface area contributed by atoms with E-state index in [2.05, 4.69) is 20.8 Å². The van der Waals surface area contributed by atoms with Crippen LogP contribution in [0, 0.1) is 0 Å². The maximum absolute atomic E-state index is 14.8. The summed E-state index contributed by atoms with van der Waals surface area (Å²) in [4.78, 5) is 70.8. The highest BCUT2D eigenvalue weighted by molar-refractivity contribution is 7.10. The maximum atomic E-state index is 14.8. The smallest absolute Gasteiger partial charge is 0.274 e. The Labute approximate surface area is 348 Å². The molecule has 0 saturated heterocycles. The first kappa shape index (κ1) is 39.6. The highest BCUT2D eigenvalue weighted by atomic mass is 35.5. The molecule has 3 atom stereocenters. The number of halogens is 2. The molecule has 4 heterocycles. The van der Waals surface area contributed by atoms with Gasteiger partial charge in [0.05, 0.1) is 15.2 Å². The van der Waals surface area contributed by atoms with Gasteiger partial charge in [-0.25, -0.2) is 0 Å². The monoisotopic (exact) mass is 837 g/mol. The van der Waals surface area contributed by atoms with E-state index in [1.807, 2.05) is 60.7 Å². The summed E-state index contributed by atoms with van der Waals surface area (Å²) in [6.45, 7) is 1.36. The van der Waals surface area contributed by atoms with Crippen LogP contribution < -0.4 is 19.6 Å². The number of hydrogen-bond donors (Lipinski definition) is 1. The summed E-state index contributed by atoms with van der Waals surface area (Å²) in [6, 6.07) is 25.1. The number of carbonyl (C=O) groups is 5. The minimum Gasteiger partial charge on any atom is -0.480 e. The number of imide groups is 1. The molecular weight excluding hydrogens is 796 g/mol. The fourth-order valence-electron chi connectivity index (χ4n) is 8.64. The van der Waals surface area contributed by atoms with Crippen LogP contribution in [0.15, 0.2) is 91.0 Å². The Morgan fingerprint density at radius 3 is 1.97 bits per heavy atom. The first-order valence-electron chi connectivity index (χ1n) is 19.4. The van der Waals surface area contributed by atoms with Crippen LogP contribution in [0.5, 0.6) is 5.75 Å². The van der Waals surface area contributed by atoms with Crippen LogP contribution in [-0.2, 0) is 20.9 Å². The van der Waals surface area contributed by atoms with E-state index in [4.69, 9.17) is 27.7 Å². The largest absolute Gasteiger partial charge is 0.480 e. The standard InChI is InChI=1S/C44H42Cl2N5O6P/c45-23-28-25-50(33-14-13-27-8-3-4-9-30(27)41(28)33)43(55)34-15-16-35(48(34)21-19-47-38(52)12-2-1-7-20-49-39(53)17-18-40(49)54)44(56)51-26-29(24-46)42-32-11-6-5-10-31(32)37(57-58)22-36(42)51/h3-6,8-11,13-18,22,28-29H,1-2,7,12,19-21,23-26,58H2,(H,47,52)/t28-,29-/m1/s1. The van der Waals surface area contributed by atoms with Crippen LogP contribution in [0.1, 0.15) is 69.6 Å². The van der Waals surface area contributed by atoms with Gasteiger partial charge < -0.3 is 24.2 Å². The Bertz CT molecular complexity index is 2490. The van der Waals surface area contributed by atoms with Gasteiger partial charge >= 0.3 is 0 Å². The van der Waals surface area contributed by atoms with Crippen LogP contribution in [0.25, 0.3) is 21.5 Å². The minimum atomic E-state index is -0.315. The molecule has 58 heavy (non-hydrogen) atoms. The molecule has 0 saturated carbocycles. The molecule has 5 aromatic rings. The van der Waals surface area contributed by atoms with Gasteiger partial charge in [-0.05, 0) is 58.3 Å². The third-order valence-electron chi connectivity index (χ3n) is 11.4. The summed E-state index contributed by atoms with van der Waals surface area (Å²) in [6.07, 6.45) is 4.61. The second kappa shape index (κ2) is 16.9. The van der Waals surface area contributed by atoms with Gasteiger partial charge in [-0.3, -0.25) is 28.9 Å². The molecule has 5 amide bonds. The van der Waals surface area contributed by atoms with Crippen molar-refractivity contribution in [3.63, 3.8) is 0 Å². The summed E-state index contributed by atoms with van der Waals surface area (Å²) in [7, 11) is 2.29. The number of carbonyl (C=O) groups excluding carboxylic acids is 5. The van der Waals surface area contributed by atoms with Gasteiger partial charge in [0, 0.05) is 92.0 Å². The number of nitrogens with zero attached hydrogens (tertiary/aromatic N) is 4. The molecule has 1 unspecified atom stereocenters. The van der Waals surface area contributed by atoms with Crippen molar-refractivity contribution in [2.75, 3.05) is 47.7 Å². The predicted octanol–water partition coefficient (Wildman–Crippen LogP) is 7.53. The maximum Gasteiger partial charge on any atom is 0.274 e. The molecule has 4 aromatic carbocycles. The van der Waals surface area contributed by atoms with Crippen molar-refractivity contribution in [2.45, 2.75) is 44.1 Å². The third-order valence-corrected chi connectivity index (χ3v) is 12.4. The SMILES string of the molecule is O=C(CCCCCN1C(=O)C=CC1=O)NCCn1c(C(=O)N2C[C@@H](CCl)c3c2ccc2ccccc32)ccc1C(=O)N1C[C@@H](CCl)c2c1cc(OP)c1ccccc21. The molecule has 11 nitrogen and oxygen atoms in total. The molecule has 0 radical (unpaired) electrons. The lowest BCUT2D eigenvalue weighted by Crippen LogP contribution is -2.36. The number of alkyl halides is 2. The molecule has 0 aliphatic carbocycles. The number of fused-ring (bicyclic) bond motifs is 6. The van der Waals surface area contributed by atoms with Crippen LogP contribution in [0.4, 0.5) is 11.4 Å². The Morgan fingerprint density at radius 2 is 1.31 bits per heavy atom. The number of anilines is 2. The average molecular weight is 839 g/mol. The van der Waals surface area contributed by atoms with Crippen molar-refractivity contribution in [3.05, 3.63) is 114 Å². The minimum absolute atomic E-state index is 0.0833. The van der Waals surface area contributed by atoms with E-state index in [-0.39, 0.29) is 60.9 Å². The normalized spacial score (nSPS) is 17.1. The number of nitrogens with one attached hydrogen (secondary N) is 1. The van der Waals surface area contributed by atoms with Gasteiger partial charge in [-0.15, -0.1) is 23.2 Å². The van der Waals surface area contributed by atoms with Gasteiger partial charge in [0.1, 0.15) is 17.1 Å². The molecule has 1 N–H and O–H groups in total. The highest BCUT2D eigenvalue weighted by Crippen LogP contribution is 2.47. The summed E-state index contributed by atoms with van der Waals surface area (Å²) in [5.74, 6) is -0.367. The van der Waals surface area contributed by atoms with E-state index in [0.29, 0.717) is 73.5 Å². The summed E-state index contributed by atoms with van der Waals surface area (Å²) in [5, 5.41) is 6.95. The van der Waals surface area contributed by atoms with Gasteiger partial charge in [0.25, 0.3) is 23.6 Å². The fourth-order valence-corrected chi connectivity index (χ4v) is 9.34. The Hall–Kier alpha value is -5.22. The number of rotatable bonds is 14. The van der Waals surface area contributed by atoms with Crippen LogP contribution >= 0.6 is 32.7 Å². The quantitative estimate of drug-likeness (QED) is 0.0535. The first-order chi connectivity index (χ1) is 28.2. The number of aromatic nitrogens is 1. The topological polar surface area (TPSA) is 121 Å². The van der Waals surface area contributed by atoms with Crippen LogP contribution in [-0.4, -0.2) is 76.9 Å². The van der Waals surface area contributed by atoms with Gasteiger partial charge in [0.2, 0.25) is 5.91 Å². The van der Waals surface area contributed by atoms with Crippen molar-refractivity contribution in [2.24, 2.45) is 0 Å². The van der Waals surface area contributed by atoms with Gasteiger partial charge in [-0.2, -0.15) is 0 Å². The third kappa shape index (κ3) is 7.25. The average Bonchev–Trinajstić information content (AvgIpc) is 4.03. The van der Waals surface area contributed by atoms with Crippen molar-refractivity contribution >= 4 is 95.1 Å². The molecule has 298 valence electrons. The lowest BCUT2D eigenvalue weighted by Gasteiger charge is -2.23. The van der Waals surface area contributed by atoms with E-state index in [1.165, 1.54) is 17.1 Å². The summed E-state index contributed by atoms with van der Waals surface area (Å²) in [5.41, 5.74) is 4.09. The molecular formula is C44H42Cl2N5O6P. The van der Waals surface area contributed by atoms with E-state index >= 15 is 0 Å². The molecule has 1 aromatic heterocycles. The fraction of sp³-hybridized carbons (Fsp3) is 0.295. The number of unbranched alkanes of at least 4 members (excludes halogenated alkanes) is 2. The zero-order valence-electron chi connectivity index (χ0n) is 31.7. The summed E-state index contributed by atoms with van der Waals surface area (Å²) >= 11 is 13.1. The van der Waals surface area contributed by atoms with E-state index < -0.39 is 0 Å². The zero-order chi connectivity index (χ0) is 40.5. The van der Waals surface area contributed by atoms with Crippen molar-refractivity contribution < 1.29 is 28.5 Å². The molecule has 0 spiro atoms. The number of hydrogen-bond acceptors (Lipinski definition) is 6. The lowest BCUT2D eigenvalue weighted by molar-refractivity contribution is -0.137. The number of benzene rings is 4. The van der Waals surface area contributed by atoms with Gasteiger partial charge in [0.15, 0.2) is 0 Å². The Morgan fingerprint density at radius 1 is 0.707 bits per heavy atom. The highest BCUT2D eigenvalue weighted by Gasteiger charge is 2.39. The van der Waals surface area contributed by atoms with Crippen molar-refractivity contribution in [3.8, 4) is 5.75 Å². The lowest BCUT2D eigenvalue weighted by atomic mass is 9.95. The first-order valence-corrected chi connectivity index (χ1v) is 21.0. The van der Waals surface area contributed by atoms with E-state index in [9.17, 15) is 24.0 Å². The second-order valence-electron chi connectivity index (χ2n) is 14.8. The molecule has 14 heteroatoms. The van der Waals surface area contributed by atoms with E-state index in [0.717, 1.165) is 38.4 Å². The van der Waals surface area contributed by atoms with Crippen molar-refractivity contribution in [1.82, 2.24) is 14.8 Å². The molecule has 0 fully saturated rings. The van der Waals surface area contributed by atoms with Gasteiger partial charge in [-0.1, -0.05) is 61.0 Å². The zero-order valence-corrected chi connectivity index (χ0v) is 34.3. The predicted molar refractivity (Wildman–Crippen MR) is 230 cm³/mol. The Balaban J connectivity index is 1.06. The molecule has 3 aliphatic rings. The molecule has 3 aliphatic heterocycles. The molecule has 8 rings (SSSR count). The van der Waals surface area contributed by atoms with Crippen molar-refractivity contribution in [1.29, 1.82) is 0 Å². The van der Waals surface area contributed by atoms with E-state index in [1.54, 1.807) is 26.5 Å².